The summed E-state index contributed by atoms with van der Waals surface area (Å²) in [6.07, 6.45) is 4.48. The second-order valence-corrected chi connectivity index (χ2v) is 5.10. The SMILES string of the molecule is Clc1cccc2c1ccn2CC1CCOCC1. The Bertz CT molecular complexity index is 514. The van der Waals surface area contributed by atoms with E-state index < -0.39 is 0 Å². The molecule has 1 saturated heterocycles. The van der Waals surface area contributed by atoms with Gasteiger partial charge in [-0.05, 0) is 37.0 Å². The Morgan fingerprint density at radius 1 is 1.24 bits per heavy atom. The Hall–Kier alpha value is -0.990. The lowest BCUT2D eigenvalue weighted by molar-refractivity contribution is 0.0616. The molecule has 1 aromatic carbocycles. The zero-order valence-corrected chi connectivity index (χ0v) is 10.5. The molecule has 0 aliphatic carbocycles. The van der Waals surface area contributed by atoms with Crippen LogP contribution in [-0.4, -0.2) is 17.8 Å². The van der Waals surface area contributed by atoms with Crippen LogP contribution in [0, 0.1) is 5.92 Å². The fraction of sp³-hybridized carbons (Fsp3) is 0.429. The highest BCUT2D eigenvalue weighted by Crippen LogP contribution is 2.26. The Morgan fingerprint density at radius 3 is 2.88 bits per heavy atom. The van der Waals surface area contributed by atoms with Gasteiger partial charge in [-0.15, -0.1) is 0 Å². The molecule has 2 aromatic rings. The topological polar surface area (TPSA) is 14.2 Å². The fourth-order valence-corrected chi connectivity index (χ4v) is 2.78. The third kappa shape index (κ3) is 2.20. The first kappa shape index (κ1) is 11.1. The number of nitrogens with zero attached hydrogens (tertiary/aromatic N) is 1. The summed E-state index contributed by atoms with van der Waals surface area (Å²) in [5.41, 5.74) is 1.24. The van der Waals surface area contributed by atoms with Gasteiger partial charge in [-0.3, -0.25) is 0 Å². The zero-order chi connectivity index (χ0) is 11.7. The number of fused-ring (bicyclic) bond motifs is 1. The van der Waals surface area contributed by atoms with Crippen molar-refractivity contribution in [2.24, 2.45) is 5.92 Å². The van der Waals surface area contributed by atoms with Gasteiger partial charge in [0.1, 0.15) is 0 Å². The molecule has 1 aromatic heterocycles. The van der Waals surface area contributed by atoms with E-state index in [1.807, 2.05) is 12.1 Å². The van der Waals surface area contributed by atoms with Crippen LogP contribution in [0.2, 0.25) is 5.02 Å². The number of hydrogen-bond acceptors (Lipinski definition) is 1. The normalized spacial score (nSPS) is 17.7. The molecule has 0 saturated carbocycles. The molecule has 0 bridgehead atoms. The molecule has 0 amide bonds. The van der Waals surface area contributed by atoms with E-state index in [1.54, 1.807) is 0 Å². The number of halogens is 1. The Morgan fingerprint density at radius 2 is 2.06 bits per heavy atom. The highest BCUT2D eigenvalue weighted by atomic mass is 35.5. The van der Waals surface area contributed by atoms with Crippen molar-refractivity contribution in [3.63, 3.8) is 0 Å². The molecule has 3 rings (SSSR count). The van der Waals surface area contributed by atoms with Crippen molar-refractivity contribution >= 4 is 22.5 Å². The van der Waals surface area contributed by atoms with Gasteiger partial charge in [-0.25, -0.2) is 0 Å². The maximum absolute atomic E-state index is 6.18. The predicted octanol–water partition coefficient (Wildman–Crippen LogP) is 3.72. The van der Waals surface area contributed by atoms with Crippen LogP contribution in [-0.2, 0) is 11.3 Å². The zero-order valence-electron chi connectivity index (χ0n) is 9.73. The minimum Gasteiger partial charge on any atom is -0.381 e. The Kier molecular flexibility index (Phi) is 3.08. The fourth-order valence-electron chi connectivity index (χ4n) is 2.55. The summed E-state index contributed by atoms with van der Waals surface area (Å²) < 4.78 is 7.71. The standard InChI is InChI=1S/C14H16ClNO/c15-13-2-1-3-14-12(13)4-7-16(14)10-11-5-8-17-9-6-11/h1-4,7,11H,5-6,8-10H2. The van der Waals surface area contributed by atoms with Gasteiger partial charge in [-0.2, -0.15) is 0 Å². The van der Waals surface area contributed by atoms with Crippen molar-refractivity contribution in [3.05, 3.63) is 35.5 Å². The molecular formula is C14H16ClNO. The molecule has 90 valence electrons. The van der Waals surface area contributed by atoms with E-state index in [9.17, 15) is 0 Å². The van der Waals surface area contributed by atoms with Crippen LogP contribution in [0.1, 0.15) is 12.8 Å². The van der Waals surface area contributed by atoms with Crippen LogP contribution in [0.25, 0.3) is 10.9 Å². The summed E-state index contributed by atoms with van der Waals surface area (Å²) >= 11 is 6.18. The lowest BCUT2D eigenvalue weighted by Gasteiger charge is -2.22. The maximum Gasteiger partial charge on any atom is 0.0499 e. The van der Waals surface area contributed by atoms with Crippen LogP contribution in [0.15, 0.2) is 30.5 Å². The molecule has 0 spiro atoms. The van der Waals surface area contributed by atoms with Gasteiger partial charge < -0.3 is 9.30 Å². The van der Waals surface area contributed by atoms with Crippen molar-refractivity contribution in [2.75, 3.05) is 13.2 Å². The average molecular weight is 250 g/mol. The van der Waals surface area contributed by atoms with Crippen LogP contribution in [0.3, 0.4) is 0 Å². The van der Waals surface area contributed by atoms with E-state index in [2.05, 4.69) is 22.9 Å². The lowest BCUT2D eigenvalue weighted by atomic mass is 10.0. The largest absolute Gasteiger partial charge is 0.381 e. The van der Waals surface area contributed by atoms with Gasteiger partial charge in [0.2, 0.25) is 0 Å². The number of hydrogen-bond donors (Lipinski definition) is 0. The van der Waals surface area contributed by atoms with Gasteiger partial charge in [0.25, 0.3) is 0 Å². The van der Waals surface area contributed by atoms with Crippen LogP contribution < -0.4 is 0 Å². The van der Waals surface area contributed by atoms with Crippen molar-refractivity contribution in [2.45, 2.75) is 19.4 Å². The number of rotatable bonds is 2. The van der Waals surface area contributed by atoms with E-state index in [-0.39, 0.29) is 0 Å². The lowest BCUT2D eigenvalue weighted by Crippen LogP contribution is -2.19. The molecule has 3 heteroatoms. The van der Waals surface area contributed by atoms with Gasteiger partial charge >= 0.3 is 0 Å². The van der Waals surface area contributed by atoms with E-state index in [0.717, 1.165) is 36.1 Å². The number of benzene rings is 1. The van der Waals surface area contributed by atoms with E-state index >= 15 is 0 Å². The number of ether oxygens (including phenoxy) is 1. The van der Waals surface area contributed by atoms with Gasteiger partial charge in [0.05, 0.1) is 0 Å². The predicted molar refractivity (Wildman–Crippen MR) is 70.5 cm³/mol. The van der Waals surface area contributed by atoms with E-state index in [0.29, 0.717) is 0 Å². The molecule has 0 N–H and O–H groups in total. The molecule has 1 aliphatic heterocycles. The molecule has 0 radical (unpaired) electrons. The monoisotopic (exact) mass is 249 g/mol. The van der Waals surface area contributed by atoms with Crippen LogP contribution >= 0.6 is 11.6 Å². The number of aromatic nitrogens is 1. The Labute approximate surface area is 106 Å². The molecular weight excluding hydrogens is 234 g/mol. The quantitative estimate of drug-likeness (QED) is 0.791. The highest BCUT2D eigenvalue weighted by Gasteiger charge is 2.15. The van der Waals surface area contributed by atoms with Crippen molar-refractivity contribution < 1.29 is 4.74 Å². The minimum atomic E-state index is 0.735. The van der Waals surface area contributed by atoms with Crippen LogP contribution in [0.5, 0.6) is 0 Å². The minimum absolute atomic E-state index is 0.735. The Balaban J connectivity index is 1.87. The van der Waals surface area contributed by atoms with Gasteiger partial charge in [-0.1, -0.05) is 17.7 Å². The smallest absolute Gasteiger partial charge is 0.0499 e. The van der Waals surface area contributed by atoms with Crippen LogP contribution in [0.4, 0.5) is 0 Å². The molecule has 0 atom stereocenters. The van der Waals surface area contributed by atoms with Gasteiger partial charge in [0.15, 0.2) is 0 Å². The summed E-state index contributed by atoms with van der Waals surface area (Å²) in [5.74, 6) is 0.735. The maximum atomic E-state index is 6.18. The first-order valence-corrected chi connectivity index (χ1v) is 6.53. The molecule has 1 aliphatic rings. The summed E-state index contributed by atoms with van der Waals surface area (Å²) in [7, 11) is 0. The second kappa shape index (κ2) is 4.71. The molecule has 0 unspecified atom stereocenters. The van der Waals surface area contributed by atoms with E-state index in [4.69, 9.17) is 16.3 Å². The van der Waals surface area contributed by atoms with Gasteiger partial charge in [0, 0.05) is 41.9 Å². The molecule has 17 heavy (non-hydrogen) atoms. The second-order valence-electron chi connectivity index (χ2n) is 4.70. The third-order valence-electron chi connectivity index (χ3n) is 3.56. The van der Waals surface area contributed by atoms with E-state index in [1.165, 1.54) is 18.4 Å². The summed E-state index contributed by atoms with van der Waals surface area (Å²) in [5, 5.41) is 1.99. The molecule has 2 nitrogen and oxygen atoms in total. The van der Waals surface area contributed by atoms with Crippen molar-refractivity contribution in [1.29, 1.82) is 0 Å². The molecule has 2 heterocycles. The van der Waals surface area contributed by atoms with Crippen molar-refractivity contribution in [1.82, 2.24) is 4.57 Å². The summed E-state index contributed by atoms with van der Waals surface area (Å²) in [6.45, 7) is 2.89. The molecule has 1 fully saturated rings. The first-order valence-electron chi connectivity index (χ1n) is 6.16. The first-order chi connectivity index (χ1) is 8.34. The van der Waals surface area contributed by atoms with Crippen molar-refractivity contribution in [3.8, 4) is 0 Å². The average Bonchev–Trinajstić information content (AvgIpc) is 2.76. The summed E-state index contributed by atoms with van der Waals surface area (Å²) in [6, 6.07) is 8.21. The third-order valence-corrected chi connectivity index (χ3v) is 3.89. The summed E-state index contributed by atoms with van der Waals surface area (Å²) in [4.78, 5) is 0. The highest BCUT2D eigenvalue weighted by molar-refractivity contribution is 6.35.